The minimum atomic E-state index is -0.450. The Kier molecular flexibility index (Phi) is 3.81. The average molecular weight is 315 g/mol. The molecule has 0 amide bonds. The van der Waals surface area contributed by atoms with Crippen LogP contribution < -0.4 is 0 Å². The maximum absolute atomic E-state index is 11.2. The molecule has 2 heterocycles. The van der Waals surface area contributed by atoms with E-state index >= 15 is 0 Å². The van der Waals surface area contributed by atoms with Gasteiger partial charge in [-0.1, -0.05) is 16.5 Å². The summed E-state index contributed by atoms with van der Waals surface area (Å²) in [7, 11) is 0. The molecule has 0 spiro atoms. The normalized spacial score (nSPS) is 10.9. The van der Waals surface area contributed by atoms with Crippen molar-refractivity contribution in [1.82, 2.24) is 30.0 Å². The van der Waals surface area contributed by atoms with E-state index in [1.165, 1.54) is 15.4 Å². The zero-order valence-electron chi connectivity index (χ0n) is 12.2. The van der Waals surface area contributed by atoms with E-state index in [4.69, 9.17) is 5.11 Å². The Morgan fingerprint density at radius 1 is 1.22 bits per heavy atom. The molecule has 0 unspecified atom stereocenters. The monoisotopic (exact) mass is 315 g/mol. The lowest BCUT2D eigenvalue weighted by Crippen LogP contribution is -2.02. The topological polar surface area (TPSA) is 125 Å². The van der Waals surface area contributed by atoms with Gasteiger partial charge in [0, 0.05) is 6.07 Å². The van der Waals surface area contributed by atoms with Gasteiger partial charge in [-0.05, 0) is 18.6 Å². The molecule has 10 heteroatoms. The third-order valence-electron chi connectivity index (χ3n) is 3.19. The quantitative estimate of drug-likeness (QED) is 0.540. The number of aliphatic hydroxyl groups excluding tert-OH is 1. The Labute approximate surface area is 130 Å². The summed E-state index contributed by atoms with van der Waals surface area (Å²) in [6.45, 7) is 1.89. The number of hydrogen-bond acceptors (Lipinski definition) is 7. The summed E-state index contributed by atoms with van der Waals surface area (Å²) in [5, 5.41) is 35.7. The van der Waals surface area contributed by atoms with E-state index in [0.717, 1.165) is 5.56 Å². The van der Waals surface area contributed by atoms with Crippen LogP contribution in [0.1, 0.15) is 17.0 Å². The van der Waals surface area contributed by atoms with Crippen LogP contribution in [-0.4, -0.2) is 40.0 Å². The number of aromatic nitrogens is 6. The highest BCUT2D eigenvalue weighted by Crippen LogP contribution is 2.23. The first-order valence-electron chi connectivity index (χ1n) is 6.73. The molecule has 2 aromatic heterocycles. The fraction of sp³-hybridized carbons (Fsp3) is 0.231. The SMILES string of the molecule is Cc1ccc(-n2cc(Cn3cc(CO)nn3)nn2)c([N+](=O)[O-])c1. The number of aliphatic hydroxyl groups is 1. The number of rotatable bonds is 5. The van der Waals surface area contributed by atoms with Gasteiger partial charge in [-0.2, -0.15) is 0 Å². The van der Waals surface area contributed by atoms with Crippen molar-refractivity contribution >= 4 is 5.69 Å². The maximum Gasteiger partial charge on any atom is 0.295 e. The van der Waals surface area contributed by atoms with Crippen LogP contribution in [0.25, 0.3) is 5.69 Å². The van der Waals surface area contributed by atoms with Crippen molar-refractivity contribution in [3.8, 4) is 5.69 Å². The van der Waals surface area contributed by atoms with Gasteiger partial charge in [0.25, 0.3) is 5.69 Å². The Morgan fingerprint density at radius 3 is 2.70 bits per heavy atom. The van der Waals surface area contributed by atoms with Gasteiger partial charge in [0.15, 0.2) is 0 Å². The van der Waals surface area contributed by atoms with E-state index in [-0.39, 0.29) is 12.3 Å². The van der Waals surface area contributed by atoms with Gasteiger partial charge in [0.05, 0.1) is 30.5 Å². The lowest BCUT2D eigenvalue weighted by Gasteiger charge is -2.02. The van der Waals surface area contributed by atoms with Crippen LogP contribution in [0.2, 0.25) is 0 Å². The van der Waals surface area contributed by atoms with Crippen molar-refractivity contribution in [2.24, 2.45) is 0 Å². The van der Waals surface area contributed by atoms with Gasteiger partial charge in [-0.3, -0.25) is 10.1 Å². The summed E-state index contributed by atoms with van der Waals surface area (Å²) in [6.07, 6.45) is 3.19. The van der Waals surface area contributed by atoms with Crippen LogP contribution in [0.15, 0.2) is 30.6 Å². The maximum atomic E-state index is 11.2. The van der Waals surface area contributed by atoms with E-state index in [9.17, 15) is 10.1 Å². The minimum absolute atomic E-state index is 0.0372. The third kappa shape index (κ3) is 3.06. The zero-order chi connectivity index (χ0) is 16.4. The van der Waals surface area contributed by atoms with Crippen LogP contribution in [0.3, 0.4) is 0 Å². The lowest BCUT2D eigenvalue weighted by molar-refractivity contribution is -0.384. The first-order valence-corrected chi connectivity index (χ1v) is 6.73. The van der Waals surface area contributed by atoms with Crippen LogP contribution >= 0.6 is 0 Å². The highest BCUT2D eigenvalue weighted by molar-refractivity contribution is 5.53. The number of aryl methyl sites for hydroxylation is 1. The van der Waals surface area contributed by atoms with Gasteiger partial charge in [0.2, 0.25) is 0 Å². The first kappa shape index (κ1) is 14.8. The molecule has 118 valence electrons. The number of hydrogen-bond donors (Lipinski definition) is 1. The molecular formula is C13H13N7O3. The van der Waals surface area contributed by atoms with Gasteiger partial charge in [-0.15, -0.1) is 10.2 Å². The summed E-state index contributed by atoms with van der Waals surface area (Å²) in [4.78, 5) is 10.7. The molecule has 0 bridgehead atoms. The molecule has 0 aliphatic heterocycles. The third-order valence-corrected chi connectivity index (χ3v) is 3.19. The molecule has 23 heavy (non-hydrogen) atoms. The summed E-state index contributed by atoms with van der Waals surface area (Å²) in [5.41, 5.74) is 2.11. The number of nitro groups is 1. The molecule has 0 aliphatic rings. The molecular weight excluding hydrogens is 302 g/mol. The molecule has 0 atom stereocenters. The molecule has 10 nitrogen and oxygen atoms in total. The van der Waals surface area contributed by atoms with Gasteiger partial charge >= 0.3 is 0 Å². The van der Waals surface area contributed by atoms with Gasteiger partial charge in [0.1, 0.15) is 17.1 Å². The minimum Gasteiger partial charge on any atom is -0.390 e. The second-order valence-electron chi connectivity index (χ2n) is 4.97. The summed E-state index contributed by atoms with van der Waals surface area (Å²) in [5.74, 6) is 0. The predicted molar refractivity (Wildman–Crippen MR) is 77.8 cm³/mol. The average Bonchev–Trinajstić information content (AvgIpc) is 3.17. The number of benzene rings is 1. The zero-order valence-corrected chi connectivity index (χ0v) is 12.2. The molecule has 0 saturated carbocycles. The predicted octanol–water partition coefficient (Wildman–Crippen LogP) is 0.616. The van der Waals surface area contributed by atoms with E-state index in [1.807, 2.05) is 0 Å². The van der Waals surface area contributed by atoms with Crippen molar-refractivity contribution in [3.63, 3.8) is 0 Å². The second-order valence-corrected chi connectivity index (χ2v) is 4.97. The molecule has 0 saturated heterocycles. The van der Waals surface area contributed by atoms with Crippen molar-refractivity contribution in [2.75, 3.05) is 0 Å². The van der Waals surface area contributed by atoms with Crippen LogP contribution in [0, 0.1) is 17.0 Å². The summed E-state index contributed by atoms with van der Waals surface area (Å²) < 4.78 is 2.86. The van der Waals surface area contributed by atoms with Gasteiger partial charge < -0.3 is 5.11 Å². The van der Waals surface area contributed by atoms with E-state index < -0.39 is 4.92 Å². The first-order chi connectivity index (χ1) is 11.1. The molecule has 1 N–H and O–H groups in total. The van der Waals surface area contributed by atoms with E-state index in [0.29, 0.717) is 23.6 Å². The molecule has 0 aliphatic carbocycles. The Morgan fingerprint density at radius 2 is 2.00 bits per heavy atom. The molecule has 3 rings (SSSR count). The van der Waals surface area contributed by atoms with Crippen molar-refractivity contribution in [3.05, 3.63) is 57.7 Å². The fourth-order valence-corrected chi connectivity index (χ4v) is 2.12. The highest BCUT2D eigenvalue weighted by atomic mass is 16.6. The fourth-order valence-electron chi connectivity index (χ4n) is 2.12. The van der Waals surface area contributed by atoms with Crippen molar-refractivity contribution in [2.45, 2.75) is 20.1 Å². The molecule has 3 aromatic rings. The summed E-state index contributed by atoms with van der Waals surface area (Å²) in [6, 6.07) is 4.89. The Hall–Kier alpha value is -3.14. The van der Waals surface area contributed by atoms with Crippen LogP contribution in [0.4, 0.5) is 5.69 Å². The van der Waals surface area contributed by atoms with E-state index in [1.54, 1.807) is 31.5 Å². The molecule has 0 radical (unpaired) electrons. The Bertz CT molecular complexity index is 855. The standard InChI is InChI=1S/C13H13N7O3/c1-9-2-3-12(13(4-9)20(22)23)19-7-10(14-17-19)5-18-6-11(8-21)15-16-18/h2-4,6-7,21H,5,8H2,1H3. The highest BCUT2D eigenvalue weighted by Gasteiger charge is 2.17. The Balaban J connectivity index is 1.88. The summed E-state index contributed by atoms with van der Waals surface area (Å²) >= 11 is 0. The number of nitrogens with zero attached hydrogens (tertiary/aromatic N) is 7. The van der Waals surface area contributed by atoms with E-state index in [2.05, 4.69) is 20.6 Å². The van der Waals surface area contributed by atoms with Crippen molar-refractivity contribution < 1.29 is 10.0 Å². The van der Waals surface area contributed by atoms with Gasteiger partial charge in [-0.25, -0.2) is 9.36 Å². The smallest absolute Gasteiger partial charge is 0.295 e. The number of nitro benzene ring substituents is 1. The van der Waals surface area contributed by atoms with Crippen LogP contribution in [-0.2, 0) is 13.2 Å². The largest absolute Gasteiger partial charge is 0.390 e. The second kappa shape index (κ2) is 5.93. The molecule has 0 fully saturated rings. The van der Waals surface area contributed by atoms with Crippen molar-refractivity contribution in [1.29, 1.82) is 0 Å². The lowest BCUT2D eigenvalue weighted by atomic mass is 10.2. The molecule has 1 aromatic carbocycles. The van der Waals surface area contributed by atoms with Crippen LogP contribution in [0.5, 0.6) is 0 Å².